The Morgan fingerprint density at radius 1 is 0.521 bits per heavy atom. The molecule has 4 aromatic rings. The summed E-state index contributed by atoms with van der Waals surface area (Å²) in [6.45, 7) is 9.15. The third-order valence-electron chi connectivity index (χ3n) is 12.4. The fourth-order valence-corrected chi connectivity index (χ4v) is 42.8. The summed E-state index contributed by atoms with van der Waals surface area (Å²) in [5.41, 5.74) is 14.9. The molecule has 248 valence electrons. The molecular weight excluding hydrogens is 759 g/mol. The predicted molar refractivity (Wildman–Crippen MR) is 210 cm³/mol. The molecule has 0 N–H and O–H groups in total. The molecule has 4 aromatic carbocycles. The van der Waals surface area contributed by atoms with E-state index in [0.717, 1.165) is 0 Å². The van der Waals surface area contributed by atoms with E-state index in [9.17, 15) is 0 Å². The molecule has 2 heteroatoms. The van der Waals surface area contributed by atoms with Crippen molar-refractivity contribution in [3.8, 4) is 22.3 Å². The minimum absolute atomic E-state index is 0.693. The van der Waals surface area contributed by atoms with Crippen LogP contribution >= 0.6 is 0 Å². The maximum absolute atomic E-state index is 3.12. The van der Waals surface area contributed by atoms with Crippen LogP contribution in [0.5, 0.6) is 0 Å². The number of benzene rings is 4. The number of hydrogen-bond donors (Lipinski definition) is 0. The van der Waals surface area contributed by atoms with Crippen molar-refractivity contribution < 1.29 is 20.0 Å². The number of allylic oxidation sites excluding steroid dienone is 2. The normalized spacial score (nSPS) is 19.6. The maximum atomic E-state index is 2.85. The van der Waals surface area contributed by atoms with Crippen molar-refractivity contribution in [3.63, 3.8) is 0 Å². The fraction of sp³-hybridized carbons (Fsp3) is 0.391. The van der Waals surface area contributed by atoms with Crippen molar-refractivity contribution in [2.75, 3.05) is 0 Å². The van der Waals surface area contributed by atoms with Crippen molar-refractivity contribution in [3.05, 3.63) is 129 Å². The van der Waals surface area contributed by atoms with Crippen molar-refractivity contribution in [2.24, 2.45) is 0 Å². The molecule has 1 saturated heterocycles. The molecule has 2 atom stereocenters. The third kappa shape index (κ3) is 5.87. The van der Waals surface area contributed by atoms with E-state index in [-0.39, 0.29) is 0 Å². The van der Waals surface area contributed by atoms with E-state index in [0.29, 0.717) is 7.35 Å². The van der Waals surface area contributed by atoms with Crippen LogP contribution in [-0.4, -0.2) is 8.07 Å². The Bertz CT molecular complexity index is 1700. The van der Waals surface area contributed by atoms with E-state index in [2.05, 4.69) is 134 Å². The molecule has 7 rings (SSSR count). The first-order chi connectivity index (χ1) is 23.3. The van der Waals surface area contributed by atoms with Crippen LogP contribution in [0.15, 0.2) is 95.3 Å². The SMILES string of the molecule is CCCCCC[Si]1(CCCCCC)C2=Cc3c(-c4ccc(C)cc4)cccc3[CH]2[Hf]([CH3])([CH3])[CH]2C1=Cc1c(-c3ccc(C)cc3)cccc12. The van der Waals surface area contributed by atoms with Crippen molar-refractivity contribution in [1.82, 2.24) is 0 Å². The summed E-state index contributed by atoms with van der Waals surface area (Å²) in [5, 5.41) is 3.92. The Morgan fingerprint density at radius 3 is 1.33 bits per heavy atom. The Labute approximate surface area is 297 Å². The molecule has 2 aliphatic carbocycles. The van der Waals surface area contributed by atoms with Gasteiger partial charge in [0.25, 0.3) is 0 Å². The van der Waals surface area contributed by atoms with Crippen LogP contribution < -0.4 is 0 Å². The van der Waals surface area contributed by atoms with Gasteiger partial charge < -0.3 is 0 Å². The quantitative estimate of drug-likeness (QED) is 0.0987. The molecular formula is C46H56HfSi. The summed E-state index contributed by atoms with van der Waals surface area (Å²) in [7, 11) is -2.01. The Morgan fingerprint density at radius 2 is 0.938 bits per heavy atom. The molecule has 0 aromatic heterocycles. The molecule has 0 spiro atoms. The molecule has 2 unspecified atom stereocenters. The summed E-state index contributed by atoms with van der Waals surface area (Å²) >= 11 is -3.12. The standard InChI is InChI=1S/C44H50Si.2CH3.Hf/c1-5-7-9-11-27-45(28-12-10-8-6-2,39-29-37-15-13-17-41(43(37)31-39)35-23-19-33(3)20-24-35)40-30-38-16-14-18-42(44(38)32-40)36-25-21-34(4)22-26-36;;;/h13-26,29-32H,5-12,27-28H2,1-4H3;2*1H3;. The molecule has 0 radical (unpaired) electrons. The molecule has 1 fully saturated rings. The Hall–Kier alpha value is -2.55. The van der Waals surface area contributed by atoms with Crippen molar-refractivity contribution in [2.45, 2.75) is 108 Å². The van der Waals surface area contributed by atoms with Crippen molar-refractivity contribution in [1.29, 1.82) is 0 Å². The number of hydrogen-bond acceptors (Lipinski definition) is 0. The predicted octanol–water partition coefficient (Wildman–Crippen LogP) is 14.2. The summed E-state index contributed by atoms with van der Waals surface area (Å²) in [4.78, 5) is 0. The van der Waals surface area contributed by atoms with Gasteiger partial charge in [0.15, 0.2) is 0 Å². The van der Waals surface area contributed by atoms with Crippen LogP contribution in [0.25, 0.3) is 34.4 Å². The zero-order valence-corrected chi connectivity index (χ0v) is 35.1. The molecule has 0 amide bonds. The van der Waals surface area contributed by atoms with E-state index in [1.165, 1.54) is 96.8 Å². The summed E-state index contributed by atoms with van der Waals surface area (Å²) in [6.07, 6.45) is 16.6. The van der Waals surface area contributed by atoms with Gasteiger partial charge in [-0.2, -0.15) is 0 Å². The zero-order chi connectivity index (χ0) is 33.5. The first-order valence-electron chi connectivity index (χ1n) is 19.1. The molecule has 48 heavy (non-hydrogen) atoms. The minimum atomic E-state index is -3.12. The third-order valence-corrected chi connectivity index (χ3v) is 35.1. The summed E-state index contributed by atoms with van der Waals surface area (Å²) < 4.78 is 7.08. The Balaban J connectivity index is 1.45. The number of fused-ring (bicyclic) bond motifs is 6. The summed E-state index contributed by atoms with van der Waals surface area (Å²) in [6, 6.07) is 36.3. The molecule has 1 heterocycles. The molecule has 0 saturated carbocycles. The van der Waals surface area contributed by atoms with Gasteiger partial charge in [-0.15, -0.1) is 0 Å². The Kier molecular flexibility index (Phi) is 9.89. The van der Waals surface area contributed by atoms with E-state index in [4.69, 9.17) is 0 Å². The van der Waals surface area contributed by atoms with Gasteiger partial charge in [0.2, 0.25) is 0 Å². The van der Waals surface area contributed by atoms with Gasteiger partial charge in [-0.1, -0.05) is 0 Å². The van der Waals surface area contributed by atoms with Crippen LogP contribution in [0.3, 0.4) is 0 Å². The first kappa shape index (κ1) is 33.9. The molecule has 3 aliphatic rings. The van der Waals surface area contributed by atoms with E-state index in [1.54, 1.807) is 22.3 Å². The first-order valence-corrected chi connectivity index (χ1v) is 32.9. The second-order valence-corrected chi connectivity index (χ2v) is 37.5. The zero-order valence-electron chi connectivity index (χ0n) is 30.5. The fourth-order valence-electron chi connectivity index (χ4n) is 9.95. The molecule has 1 aliphatic heterocycles. The summed E-state index contributed by atoms with van der Waals surface area (Å²) in [5.74, 6) is 0. The number of unbranched alkanes of at least 4 members (excludes halogenated alkanes) is 6. The van der Waals surface area contributed by atoms with Gasteiger partial charge in [-0.3, -0.25) is 0 Å². The van der Waals surface area contributed by atoms with E-state index < -0.39 is 28.0 Å². The average molecular weight is 816 g/mol. The molecule has 0 nitrogen and oxygen atoms in total. The van der Waals surface area contributed by atoms with Gasteiger partial charge >= 0.3 is 299 Å². The van der Waals surface area contributed by atoms with Crippen molar-refractivity contribution >= 4 is 20.2 Å². The second-order valence-electron chi connectivity index (χ2n) is 15.9. The topological polar surface area (TPSA) is 0 Å². The number of rotatable bonds is 12. The van der Waals surface area contributed by atoms with Crippen LogP contribution in [0.1, 0.15) is 106 Å². The van der Waals surface area contributed by atoms with E-state index in [1.807, 2.05) is 10.4 Å². The van der Waals surface area contributed by atoms with Gasteiger partial charge in [0.05, 0.1) is 0 Å². The van der Waals surface area contributed by atoms with Gasteiger partial charge in [0, 0.05) is 0 Å². The van der Waals surface area contributed by atoms with Crippen LogP contribution in [-0.2, 0) is 20.0 Å². The number of aryl methyl sites for hydroxylation is 2. The van der Waals surface area contributed by atoms with Gasteiger partial charge in [-0.25, -0.2) is 0 Å². The van der Waals surface area contributed by atoms with Gasteiger partial charge in [-0.05, 0) is 0 Å². The average Bonchev–Trinajstić information content (AvgIpc) is 3.70. The van der Waals surface area contributed by atoms with Crippen LogP contribution in [0.2, 0.25) is 21.4 Å². The monoisotopic (exact) mass is 816 g/mol. The van der Waals surface area contributed by atoms with Crippen LogP contribution in [0, 0.1) is 13.8 Å². The van der Waals surface area contributed by atoms with Crippen LogP contribution in [0.4, 0.5) is 0 Å². The van der Waals surface area contributed by atoms with Gasteiger partial charge in [0.1, 0.15) is 0 Å². The van der Waals surface area contributed by atoms with E-state index >= 15 is 0 Å². The molecule has 0 bridgehead atoms. The second kappa shape index (κ2) is 14.0.